The highest BCUT2D eigenvalue weighted by Gasteiger charge is 2.44. The second-order valence-electron chi connectivity index (χ2n) is 18.6. The summed E-state index contributed by atoms with van der Waals surface area (Å²) < 4.78 is 8.95. The summed E-state index contributed by atoms with van der Waals surface area (Å²) in [5.41, 5.74) is 18.4. The lowest BCUT2D eigenvalue weighted by Crippen LogP contribution is -2.27. The molecule has 0 aliphatic heterocycles. The first kappa shape index (κ1) is 38.8. The molecular formula is C63H44N4O. The molecule has 3 aromatic heterocycles. The lowest BCUT2D eigenvalue weighted by atomic mass is 9.68. The molecule has 3 heterocycles. The van der Waals surface area contributed by atoms with E-state index in [-0.39, 0.29) is 5.41 Å². The Bertz CT molecular complexity index is 3930. The highest BCUT2D eigenvalue weighted by Crippen LogP contribution is 2.57. The van der Waals surface area contributed by atoms with Crippen LogP contribution in [0.25, 0.3) is 117 Å². The number of rotatable bonds is 6. The van der Waals surface area contributed by atoms with Crippen LogP contribution in [0.2, 0.25) is 0 Å². The molecule has 2 aliphatic carbocycles. The first-order valence-electron chi connectivity index (χ1n) is 23.9. The van der Waals surface area contributed by atoms with Crippen LogP contribution < -0.4 is 0 Å². The first-order valence-corrected chi connectivity index (χ1v) is 23.9. The normalized spacial score (nSPS) is 14.0. The molecule has 0 unspecified atom stereocenters. The van der Waals surface area contributed by atoms with Crippen molar-refractivity contribution in [2.75, 3.05) is 0 Å². The van der Waals surface area contributed by atoms with Crippen molar-refractivity contribution in [1.82, 2.24) is 19.5 Å². The maximum atomic E-state index is 6.49. The number of nitrogens with zero attached hydrogens (tertiary/aromatic N) is 4. The van der Waals surface area contributed by atoms with Crippen LogP contribution in [0, 0.1) is 0 Å². The molecule has 1 fully saturated rings. The van der Waals surface area contributed by atoms with Crippen molar-refractivity contribution in [2.24, 2.45) is 0 Å². The van der Waals surface area contributed by atoms with Gasteiger partial charge in [-0.2, -0.15) is 0 Å². The van der Waals surface area contributed by atoms with E-state index in [0.717, 1.165) is 66.5 Å². The molecule has 9 aromatic carbocycles. The molecule has 322 valence electrons. The van der Waals surface area contributed by atoms with Crippen molar-refractivity contribution in [2.45, 2.75) is 37.5 Å². The molecule has 5 heteroatoms. The average Bonchev–Trinajstić information content (AvgIpc) is 4.03. The van der Waals surface area contributed by atoms with Crippen LogP contribution in [0.1, 0.15) is 43.2 Å². The number of fused-ring (bicyclic) bond motifs is 11. The lowest BCUT2D eigenvalue weighted by Gasteiger charge is -2.36. The zero-order valence-corrected chi connectivity index (χ0v) is 37.4. The Morgan fingerprint density at radius 2 is 0.941 bits per heavy atom. The molecule has 2 aliphatic rings. The zero-order valence-electron chi connectivity index (χ0n) is 37.4. The van der Waals surface area contributed by atoms with Gasteiger partial charge in [0.05, 0.1) is 11.0 Å². The van der Waals surface area contributed by atoms with E-state index in [1.807, 2.05) is 30.3 Å². The molecule has 68 heavy (non-hydrogen) atoms. The molecule has 0 atom stereocenters. The minimum absolute atomic E-state index is 0.0395. The number of furan rings is 1. The average molecular weight is 873 g/mol. The van der Waals surface area contributed by atoms with Gasteiger partial charge in [0, 0.05) is 55.4 Å². The van der Waals surface area contributed by atoms with Crippen molar-refractivity contribution in [1.29, 1.82) is 0 Å². The highest BCUT2D eigenvalue weighted by atomic mass is 16.3. The molecule has 0 N–H and O–H groups in total. The molecule has 0 bridgehead atoms. The van der Waals surface area contributed by atoms with Gasteiger partial charge in [0.15, 0.2) is 17.5 Å². The van der Waals surface area contributed by atoms with Gasteiger partial charge in [-0.15, -0.1) is 0 Å². The van der Waals surface area contributed by atoms with Crippen molar-refractivity contribution in [3.63, 3.8) is 0 Å². The summed E-state index contributed by atoms with van der Waals surface area (Å²) in [4.78, 5) is 15.3. The van der Waals surface area contributed by atoms with Crippen molar-refractivity contribution in [3.8, 4) is 73.2 Å². The van der Waals surface area contributed by atoms with Gasteiger partial charge >= 0.3 is 0 Å². The smallest absolute Gasteiger partial charge is 0.164 e. The van der Waals surface area contributed by atoms with E-state index in [4.69, 9.17) is 19.4 Å². The predicted molar refractivity (Wildman–Crippen MR) is 278 cm³/mol. The fourth-order valence-electron chi connectivity index (χ4n) is 11.6. The minimum Gasteiger partial charge on any atom is -0.456 e. The van der Waals surface area contributed by atoms with E-state index in [1.165, 1.54) is 76.2 Å². The Hall–Kier alpha value is -8.41. The van der Waals surface area contributed by atoms with Gasteiger partial charge in [-0.05, 0) is 106 Å². The summed E-state index contributed by atoms with van der Waals surface area (Å²) in [5.74, 6) is 1.91. The number of hydrogen-bond donors (Lipinski definition) is 0. The maximum Gasteiger partial charge on any atom is 0.164 e. The van der Waals surface area contributed by atoms with Crippen molar-refractivity contribution >= 4 is 43.7 Å². The first-order chi connectivity index (χ1) is 33.6. The molecule has 5 nitrogen and oxygen atoms in total. The van der Waals surface area contributed by atoms with Crippen LogP contribution in [0.5, 0.6) is 0 Å². The summed E-state index contributed by atoms with van der Waals surface area (Å²) in [6, 6.07) is 74.1. The second kappa shape index (κ2) is 15.3. The van der Waals surface area contributed by atoms with Gasteiger partial charge in [-0.3, -0.25) is 0 Å². The van der Waals surface area contributed by atoms with E-state index in [2.05, 4.69) is 180 Å². The number of aromatic nitrogens is 4. The summed E-state index contributed by atoms with van der Waals surface area (Å²) in [7, 11) is 0. The van der Waals surface area contributed by atoms with Gasteiger partial charge in [0.1, 0.15) is 11.2 Å². The van der Waals surface area contributed by atoms with E-state index in [1.54, 1.807) is 0 Å². The molecule has 0 saturated heterocycles. The molecule has 14 rings (SSSR count). The van der Waals surface area contributed by atoms with Crippen LogP contribution in [0.3, 0.4) is 0 Å². The quantitative estimate of drug-likeness (QED) is 0.167. The number of para-hydroxylation sites is 1. The third kappa shape index (κ3) is 6.12. The Balaban J connectivity index is 0.933. The number of benzene rings is 9. The second-order valence-corrected chi connectivity index (χ2v) is 18.6. The summed E-state index contributed by atoms with van der Waals surface area (Å²) >= 11 is 0. The largest absolute Gasteiger partial charge is 0.456 e. The van der Waals surface area contributed by atoms with E-state index in [9.17, 15) is 0 Å². The predicted octanol–water partition coefficient (Wildman–Crippen LogP) is 16.4. The monoisotopic (exact) mass is 872 g/mol. The van der Waals surface area contributed by atoms with Crippen LogP contribution >= 0.6 is 0 Å². The van der Waals surface area contributed by atoms with Crippen molar-refractivity contribution < 1.29 is 4.42 Å². The standard InChI is InChI=1S/C63H44N4O/c1-4-15-40(16-5-1)41-25-27-43(28-26-41)61-64-60(42-17-6-2-7-18-42)65-62(66-61)46-20-14-19-44(35-46)45-29-32-56-52(36-45)53-38-55-51(48-21-8-10-23-54(48)63(55)33-12-3-13-34-63)39-57(53)67(56)47-30-31-50-49-22-9-11-24-58(49)68-59(50)37-47/h1-2,4-11,14-32,35-39H,3,12-13,33-34H2. The van der Waals surface area contributed by atoms with Crippen LogP contribution in [0.15, 0.2) is 211 Å². The Labute approximate surface area is 394 Å². The SMILES string of the molecule is c1ccc(-c2ccc(-c3nc(-c4ccccc4)nc(-c4cccc(-c5ccc6c(c5)c5cc7c(cc5n6-c5ccc6c(c5)oc5ccccc56)-c5ccccc5C75CCCCC5)c4)n3)cc2)cc1. The van der Waals surface area contributed by atoms with Gasteiger partial charge < -0.3 is 8.98 Å². The number of hydrogen-bond acceptors (Lipinski definition) is 4. The zero-order chi connectivity index (χ0) is 44.8. The van der Waals surface area contributed by atoms with Gasteiger partial charge in [-0.25, -0.2) is 15.0 Å². The minimum atomic E-state index is 0.0395. The Morgan fingerprint density at radius 1 is 0.353 bits per heavy atom. The topological polar surface area (TPSA) is 56.7 Å². The Morgan fingerprint density at radius 3 is 1.75 bits per heavy atom. The Kier molecular flexibility index (Phi) is 8.75. The van der Waals surface area contributed by atoms with E-state index < -0.39 is 0 Å². The van der Waals surface area contributed by atoms with E-state index in [0.29, 0.717) is 17.5 Å². The molecule has 1 spiro atoms. The van der Waals surface area contributed by atoms with Crippen LogP contribution in [-0.4, -0.2) is 19.5 Å². The molecule has 12 aromatic rings. The van der Waals surface area contributed by atoms with Crippen LogP contribution in [0.4, 0.5) is 0 Å². The van der Waals surface area contributed by atoms with Crippen molar-refractivity contribution in [3.05, 3.63) is 217 Å². The van der Waals surface area contributed by atoms with Gasteiger partial charge in [-0.1, -0.05) is 171 Å². The highest BCUT2D eigenvalue weighted by molar-refractivity contribution is 6.13. The third-order valence-electron chi connectivity index (χ3n) is 14.9. The van der Waals surface area contributed by atoms with Crippen LogP contribution in [-0.2, 0) is 5.41 Å². The third-order valence-corrected chi connectivity index (χ3v) is 14.9. The lowest BCUT2D eigenvalue weighted by molar-refractivity contribution is 0.353. The molecule has 1 saturated carbocycles. The summed E-state index contributed by atoms with van der Waals surface area (Å²) in [5, 5.41) is 4.76. The van der Waals surface area contributed by atoms with Gasteiger partial charge in [0.2, 0.25) is 0 Å². The summed E-state index contributed by atoms with van der Waals surface area (Å²) in [6.07, 6.45) is 6.18. The van der Waals surface area contributed by atoms with Gasteiger partial charge in [0.25, 0.3) is 0 Å². The fourth-order valence-corrected chi connectivity index (χ4v) is 11.6. The molecule has 0 amide bonds. The maximum absolute atomic E-state index is 6.49. The molecular weight excluding hydrogens is 829 g/mol. The van der Waals surface area contributed by atoms with E-state index >= 15 is 0 Å². The summed E-state index contributed by atoms with van der Waals surface area (Å²) in [6.45, 7) is 0. The fraction of sp³-hybridized carbons (Fsp3) is 0.0952. The molecule has 0 radical (unpaired) electrons.